The monoisotopic (exact) mass is 333 g/mol. The lowest BCUT2D eigenvalue weighted by atomic mass is 10.2. The fourth-order valence-electron chi connectivity index (χ4n) is 2.61. The minimum absolute atomic E-state index is 0.641. The zero-order valence-electron chi connectivity index (χ0n) is 14.3. The molecule has 0 atom stereocenters. The molecule has 0 radical (unpaired) electrons. The van der Waals surface area contributed by atoms with Crippen molar-refractivity contribution in [2.75, 3.05) is 13.2 Å². The summed E-state index contributed by atoms with van der Waals surface area (Å²) in [6.07, 6.45) is 3.67. The first kappa shape index (κ1) is 17.3. The van der Waals surface area contributed by atoms with Gasteiger partial charge < -0.3 is 4.74 Å². The Kier molecular flexibility index (Phi) is 6.68. The number of benzene rings is 1. The van der Waals surface area contributed by atoms with Crippen LogP contribution in [-0.4, -0.2) is 28.0 Å². The number of aromatic nitrogens is 2. The van der Waals surface area contributed by atoms with Crippen LogP contribution in [0.3, 0.4) is 0 Å². The quantitative estimate of drug-likeness (QED) is 0.560. The summed E-state index contributed by atoms with van der Waals surface area (Å²) in [5, 5.41) is 0. The molecule has 0 saturated carbocycles. The fraction of sp³-hybridized carbons (Fsp3) is 0.238. The maximum Gasteiger partial charge on any atom is 0.0717 e. The molecule has 0 spiro atoms. The van der Waals surface area contributed by atoms with E-state index in [1.165, 1.54) is 5.56 Å². The highest BCUT2D eigenvalue weighted by Crippen LogP contribution is 2.07. The molecule has 0 unspecified atom stereocenters. The van der Waals surface area contributed by atoms with Crippen LogP contribution in [0.5, 0.6) is 0 Å². The molecule has 0 fully saturated rings. The molecule has 128 valence electrons. The van der Waals surface area contributed by atoms with Crippen molar-refractivity contribution in [3.63, 3.8) is 0 Å². The van der Waals surface area contributed by atoms with Gasteiger partial charge in [-0.3, -0.25) is 14.9 Å². The number of pyridine rings is 2. The summed E-state index contributed by atoms with van der Waals surface area (Å²) in [5.74, 6) is 0. The van der Waals surface area contributed by atoms with Crippen LogP contribution < -0.4 is 0 Å². The van der Waals surface area contributed by atoms with Gasteiger partial charge in [-0.05, 0) is 29.8 Å². The summed E-state index contributed by atoms with van der Waals surface area (Å²) in [5.41, 5.74) is 3.31. The summed E-state index contributed by atoms with van der Waals surface area (Å²) in [4.78, 5) is 11.2. The van der Waals surface area contributed by atoms with Crippen LogP contribution in [-0.2, 0) is 24.4 Å². The summed E-state index contributed by atoms with van der Waals surface area (Å²) in [6, 6.07) is 22.3. The number of hydrogen-bond acceptors (Lipinski definition) is 4. The molecular formula is C21H23N3O. The van der Waals surface area contributed by atoms with Gasteiger partial charge in [0.15, 0.2) is 0 Å². The van der Waals surface area contributed by atoms with Crippen molar-refractivity contribution in [2.24, 2.45) is 0 Å². The van der Waals surface area contributed by atoms with E-state index in [1.54, 1.807) is 0 Å². The Morgan fingerprint density at radius 3 is 1.88 bits per heavy atom. The van der Waals surface area contributed by atoms with Gasteiger partial charge in [0.05, 0.1) is 24.6 Å². The van der Waals surface area contributed by atoms with E-state index in [1.807, 2.05) is 54.9 Å². The van der Waals surface area contributed by atoms with E-state index in [9.17, 15) is 0 Å². The van der Waals surface area contributed by atoms with Crippen LogP contribution in [0.2, 0.25) is 0 Å². The molecule has 3 aromatic rings. The van der Waals surface area contributed by atoms with Crippen molar-refractivity contribution in [3.05, 3.63) is 96.1 Å². The van der Waals surface area contributed by atoms with Crippen LogP contribution in [0.1, 0.15) is 17.0 Å². The highest BCUT2D eigenvalue weighted by molar-refractivity contribution is 5.13. The zero-order chi connectivity index (χ0) is 17.2. The molecule has 0 aliphatic rings. The van der Waals surface area contributed by atoms with Gasteiger partial charge in [-0.1, -0.05) is 42.5 Å². The van der Waals surface area contributed by atoms with Gasteiger partial charge in [-0.15, -0.1) is 0 Å². The van der Waals surface area contributed by atoms with Crippen LogP contribution in [0, 0.1) is 0 Å². The molecule has 0 aliphatic carbocycles. The molecule has 0 saturated heterocycles. The zero-order valence-corrected chi connectivity index (χ0v) is 14.3. The third-order valence-electron chi connectivity index (χ3n) is 3.89. The third kappa shape index (κ3) is 6.10. The smallest absolute Gasteiger partial charge is 0.0717 e. The number of ether oxygens (including phenoxy) is 1. The summed E-state index contributed by atoms with van der Waals surface area (Å²) < 4.78 is 5.84. The lowest BCUT2D eigenvalue weighted by molar-refractivity contribution is 0.0870. The third-order valence-corrected chi connectivity index (χ3v) is 3.89. The molecule has 4 nitrogen and oxygen atoms in total. The molecular weight excluding hydrogens is 310 g/mol. The maximum absolute atomic E-state index is 5.84. The van der Waals surface area contributed by atoms with Crippen LogP contribution in [0.4, 0.5) is 0 Å². The first-order chi connectivity index (χ1) is 12.4. The largest absolute Gasteiger partial charge is 0.375 e. The minimum atomic E-state index is 0.641. The second kappa shape index (κ2) is 9.67. The van der Waals surface area contributed by atoms with Crippen molar-refractivity contribution in [1.29, 1.82) is 0 Å². The SMILES string of the molecule is c1ccc(COCCN(Cc2ccccn2)Cc2ccccn2)cc1. The lowest BCUT2D eigenvalue weighted by Crippen LogP contribution is -2.27. The van der Waals surface area contributed by atoms with Gasteiger partial charge in [-0.25, -0.2) is 0 Å². The lowest BCUT2D eigenvalue weighted by Gasteiger charge is -2.21. The number of nitrogens with zero attached hydrogens (tertiary/aromatic N) is 3. The predicted molar refractivity (Wildman–Crippen MR) is 98.7 cm³/mol. The molecule has 25 heavy (non-hydrogen) atoms. The Labute approximate surface area is 149 Å². The molecule has 0 N–H and O–H groups in total. The van der Waals surface area contributed by atoms with E-state index >= 15 is 0 Å². The Morgan fingerprint density at radius 1 is 0.720 bits per heavy atom. The number of rotatable bonds is 9. The summed E-state index contributed by atoms with van der Waals surface area (Å²) >= 11 is 0. The Morgan fingerprint density at radius 2 is 1.32 bits per heavy atom. The van der Waals surface area contributed by atoms with E-state index in [-0.39, 0.29) is 0 Å². The molecule has 2 heterocycles. The second-order valence-corrected chi connectivity index (χ2v) is 5.89. The molecule has 4 heteroatoms. The molecule has 2 aromatic heterocycles. The van der Waals surface area contributed by atoms with Gasteiger partial charge in [0.25, 0.3) is 0 Å². The average molecular weight is 333 g/mol. The second-order valence-electron chi connectivity index (χ2n) is 5.89. The van der Waals surface area contributed by atoms with Gasteiger partial charge in [0.2, 0.25) is 0 Å². The predicted octanol–water partition coefficient (Wildman–Crippen LogP) is 3.70. The first-order valence-electron chi connectivity index (χ1n) is 8.54. The van der Waals surface area contributed by atoms with Crippen LogP contribution in [0.15, 0.2) is 79.1 Å². The molecule has 0 bridgehead atoms. The first-order valence-corrected chi connectivity index (χ1v) is 8.54. The van der Waals surface area contributed by atoms with Gasteiger partial charge in [-0.2, -0.15) is 0 Å². The van der Waals surface area contributed by atoms with Crippen molar-refractivity contribution >= 4 is 0 Å². The molecule has 1 aromatic carbocycles. The van der Waals surface area contributed by atoms with Crippen molar-refractivity contribution < 1.29 is 4.74 Å². The highest BCUT2D eigenvalue weighted by atomic mass is 16.5. The Hall–Kier alpha value is -2.56. The molecule has 0 aliphatic heterocycles. The number of hydrogen-bond donors (Lipinski definition) is 0. The minimum Gasteiger partial charge on any atom is -0.375 e. The molecule has 0 amide bonds. The van der Waals surface area contributed by atoms with Crippen molar-refractivity contribution in [2.45, 2.75) is 19.7 Å². The van der Waals surface area contributed by atoms with Crippen LogP contribution >= 0.6 is 0 Å². The summed E-state index contributed by atoms with van der Waals surface area (Å²) in [6.45, 7) is 3.72. The van der Waals surface area contributed by atoms with Gasteiger partial charge in [0.1, 0.15) is 0 Å². The Bertz CT molecular complexity index is 678. The average Bonchev–Trinajstić information content (AvgIpc) is 2.67. The molecule has 3 rings (SSSR count). The fourth-order valence-corrected chi connectivity index (χ4v) is 2.61. The maximum atomic E-state index is 5.84. The van der Waals surface area contributed by atoms with Crippen molar-refractivity contribution in [3.8, 4) is 0 Å². The van der Waals surface area contributed by atoms with E-state index < -0.39 is 0 Å². The van der Waals surface area contributed by atoms with Crippen molar-refractivity contribution in [1.82, 2.24) is 14.9 Å². The summed E-state index contributed by atoms with van der Waals surface area (Å²) in [7, 11) is 0. The standard InChI is InChI=1S/C21H23N3O/c1-2-8-19(9-3-1)18-25-15-14-24(16-20-10-4-6-12-22-20)17-21-11-5-7-13-23-21/h1-13H,14-18H2. The van der Waals surface area contributed by atoms with E-state index in [0.717, 1.165) is 31.0 Å². The van der Waals surface area contributed by atoms with Crippen LogP contribution in [0.25, 0.3) is 0 Å². The Balaban J connectivity index is 1.54. The topological polar surface area (TPSA) is 38.2 Å². The normalized spacial score (nSPS) is 10.9. The van der Waals surface area contributed by atoms with Gasteiger partial charge in [0, 0.05) is 32.0 Å². The van der Waals surface area contributed by atoms with E-state index in [2.05, 4.69) is 39.1 Å². The highest BCUT2D eigenvalue weighted by Gasteiger charge is 2.09. The van der Waals surface area contributed by atoms with E-state index in [4.69, 9.17) is 4.74 Å². The van der Waals surface area contributed by atoms with Gasteiger partial charge >= 0.3 is 0 Å². The van der Waals surface area contributed by atoms with E-state index in [0.29, 0.717) is 13.2 Å².